The predicted octanol–water partition coefficient (Wildman–Crippen LogP) is 4.53. The summed E-state index contributed by atoms with van der Waals surface area (Å²) in [6.45, 7) is 22.3. The molecule has 3 heterocycles. The maximum atomic E-state index is 11.5. The highest BCUT2D eigenvalue weighted by molar-refractivity contribution is 5.19. The standard InChI is InChI=1S/C45H75NO11/c1-24(2)11-10-17-45(9,57-40-36(51)35(50)34(49)29(22-48)55-40)27-14-19-43(7)26(27)12-13-31-42(6)18-16-32(41(4,5)30(42)15-20-44(31,43)8)56-39-37(52)38-33(28(21-47)54-39)25(3)46-23-53-38/h11,26-40,46-52H,3,10,12-23H2,1-2,4-9H3/t26?,27?,28?,29?,30?,31?,32-,33?,34?,35?,36?,37?,38?,39?,40?,42-,43+,44+,45-/m0/s1. The highest BCUT2D eigenvalue weighted by atomic mass is 16.7. The van der Waals surface area contributed by atoms with E-state index in [4.69, 9.17) is 23.7 Å². The van der Waals surface area contributed by atoms with E-state index in [-0.39, 0.29) is 52.9 Å². The van der Waals surface area contributed by atoms with Crippen LogP contribution >= 0.6 is 0 Å². The summed E-state index contributed by atoms with van der Waals surface area (Å²) in [4.78, 5) is 0. The van der Waals surface area contributed by atoms with E-state index in [9.17, 15) is 30.6 Å². The van der Waals surface area contributed by atoms with E-state index < -0.39 is 67.5 Å². The number of aliphatic hydroxyl groups excluding tert-OH is 6. The Kier molecular flexibility index (Phi) is 12.3. The Hall–Kier alpha value is -1.16. The smallest absolute Gasteiger partial charge is 0.187 e. The van der Waals surface area contributed by atoms with Crippen LogP contribution < -0.4 is 5.32 Å². The van der Waals surface area contributed by atoms with E-state index in [1.165, 1.54) is 5.57 Å². The first-order valence-corrected chi connectivity index (χ1v) is 22.0. The summed E-state index contributed by atoms with van der Waals surface area (Å²) < 4.78 is 31.9. The fourth-order valence-electron chi connectivity index (χ4n) is 14.4. The molecule has 0 aromatic carbocycles. The zero-order valence-electron chi connectivity index (χ0n) is 35.9. The molecule has 326 valence electrons. The number of allylic oxidation sites excluding steroid dienone is 2. The summed E-state index contributed by atoms with van der Waals surface area (Å²) in [6.07, 6.45) is 2.33. The number of hydrogen-bond acceptors (Lipinski definition) is 12. The summed E-state index contributed by atoms with van der Waals surface area (Å²) in [5, 5.41) is 67.1. The van der Waals surface area contributed by atoms with Crippen molar-refractivity contribution in [2.24, 2.45) is 51.2 Å². The van der Waals surface area contributed by atoms with Crippen molar-refractivity contribution in [2.75, 3.05) is 19.9 Å². The third kappa shape index (κ3) is 7.10. The van der Waals surface area contributed by atoms with Crippen LogP contribution in [0.15, 0.2) is 23.9 Å². The second kappa shape index (κ2) is 15.9. The minimum atomic E-state index is -1.49. The molecule has 3 aliphatic heterocycles. The minimum absolute atomic E-state index is 0.0529. The number of fused-ring (bicyclic) bond motifs is 6. The molecule has 0 amide bonds. The molecule has 0 bridgehead atoms. The molecule has 3 saturated heterocycles. The topological polar surface area (TPSA) is 180 Å². The molecule has 4 saturated carbocycles. The second-order valence-electron chi connectivity index (χ2n) is 21.0. The van der Waals surface area contributed by atoms with E-state index >= 15 is 0 Å². The first-order valence-electron chi connectivity index (χ1n) is 22.0. The summed E-state index contributed by atoms with van der Waals surface area (Å²) >= 11 is 0. The van der Waals surface area contributed by atoms with E-state index in [0.717, 1.165) is 64.2 Å². The molecule has 0 aromatic rings. The molecule has 0 radical (unpaired) electrons. The van der Waals surface area contributed by atoms with Gasteiger partial charge in [-0.2, -0.15) is 0 Å². The van der Waals surface area contributed by atoms with Crippen LogP contribution in [0.1, 0.15) is 120 Å². The lowest BCUT2D eigenvalue weighted by molar-refractivity contribution is -0.335. The van der Waals surface area contributed by atoms with Gasteiger partial charge < -0.3 is 59.6 Å². The minimum Gasteiger partial charge on any atom is -0.394 e. The van der Waals surface area contributed by atoms with Gasteiger partial charge in [0.1, 0.15) is 43.4 Å². The first-order chi connectivity index (χ1) is 26.8. The molecule has 14 unspecified atom stereocenters. The Balaban J connectivity index is 1.10. The van der Waals surface area contributed by atoms with Crippen LogP contribution in [0.3, 0.4) is 0 Å². The van der Waals surface area contributed by atoms with Gasteiger partial charge in [-0.25, -0.2) is 0 Å². The van der Waals surface area contributed by atoms with Gasteiger partial charge in [-0.1, -0.05) is 52.8 Å². The molecule has 12 nitrogen and oxygen atoms in total. The zero-order valence-corrected chi connectivity index (χ0v) is 35.9. The van der Waals surface area contributed by atoms with Crippen molar-refractivity contribution in [3.05, 3.63) is 23.9 Å². The number of nitrogens with one attached hydrogen (secondary N) is 1. The number of ether oxygens (including phenoxy) is 5. The van der Waals surface area contributed by atoms with Crippen molar-refractivity contribution in [1.29, 1.82) is 0 Å². The van der Waals surface area contributed by atoms with E-state index in [0.29, 0.717) is 23.5 Å². The van der Waals surface area contributed by atoms with Crippen molar-refractivity contribution < 1.29 is 54.3 Å². The van der Waals surface area contributed by atoms with Crippen molar-refractivity contribution in [2.45, 2.75) is 187 Å². The van der Waals surface area contributed by atoms with Crippen LogP contribution in [-0.2, 0) is 23.7 Å². The van der Waals surface area contributed by atoms with Crippen LogP contribution in [-0.4, -0.2) is 118 Å². The average Bonchev–Trinajstić information content (AvgIpc) is 3.52. The summed E-state index contributed by atoms with van der Waals surface area (Å²) in [6, 6.07) is 0. The largest absolute Gasteiger partial charge is 0.394 e. The van der Waals surface area contributed by atoms with Gasteiger partial charge in [-0.15, -0.1) is 0 Å². The third-order valence-corrected chi connectivity index (χ3v) is 17.7. The Morgan fingerprint density at radius 2 is 1.51 bits per heavy atom. The van der Waals surface area contributed by atoms with Gasteiger partial charge in [0.25, 0.3) is 0 Å². The van der Waals surface area contributed by atoms with Gasteiger partial charge in [0.05, 0.1) is 36.9 Å². The summed E-state index contributed by atoms with van der Waals surface area (Å²) in [5.74, 6) is 1.13. The molecular weight excluding hydrogens is 730 g/mol. The molecule has 57 heavy (non-hydrogen) atoms. The fourth-order valence-corrected chi connectivity index (χ4v) is 14.4. The van der Waals surface area contributed by atoms with Crippen molar-refractivity contribution >= 4 is 0 Å². The fraction of sp³-hybridized carbons (Fsp3) is 0.911. The normalized spacial score (nSPS) is 50.4. The number of aliphatic hydroxyl groups is 6. The van der Waals surface area contributed by atoms with Gasteiger partial charge in [0, 0.05) is 5.70 Å². The maximum Gasteiger partial charge on any atom is 0.187 e. The van der Waals surface area contributed by atoms with E-state index in [1.54, 1.807) is 0 Å². The summed E-state index contributed by atoms with van der Waals surface area (Å²) in [5.41, 5.74) is 1.28. The molecule has 12 heteroatoms. The van der Waals surface area contributed by atoms with Crippen molar-refractivity contribution in [3.63, 3.8) is 0 Å². The van der Waals surface area contributed by atoms with Crippen molar-refractivity contribution in [1.82, 2.24) is 5.32 Å². The molecule has 7 fully saturated rings. The Morgan fingerprint density at radius 3 is 2.19 bits per heavy atom. The highest BCUT2D eigenvalue weighted by Gasteiger charge is 2.70. The lowest BCUT2D eigenvalue weighted by atomic mass is 9.35. The molecule has 19 atom stereocenters. The Morgan fingerprint density at radius 1 is 0.825 bits per heavy atom. The van der Waals surface area contributed by atoms with Crippen molar-refractivity contribution in [3.8, 4) is 0 Å². The molecule has 7 rings (SSSR count). The molecule has 0 aromatic heterocycles. The van der Waals surface area contributed by atoms with Crippen LogP contribution in [0.4, 0.5) is 0 Å². The molecule has 7 N–H and O–H groups in total. The lowest BCUT2D eigenvalue weighted by Gasteiger charge is -2.70. The quantitative estimate of drug-likeness (QED) is 0.121. The van der Waals surface area contributed by atoms with Crippen LogP contribution in [0.5, 0.6) is 0 Å². The van der Waals surface area contributed by atoms with Gasteiger partial charge >= 0.3 is 0 Å². The average molecular weight is 806 g/mol. The predicted molar refractivity (Wildman–Crippen MR) is 213 cm³/mol. The summed E-state index contributed by atoms with van der Waals surface area (Å²) in [7, 11) is 0. The highest BCUT2D eigenvalue weighted by Crippen LogP contribution is 2.76. The second-order valence-corrected chi connectivity index (χ2v) is 21.0. The number of hydrogen-bond donors (Lipinski definition) is 7. The molecule has 0 spiro atoms. The Labute approximate surface area is 340 Å². The van der Waals surface area contributed by atoms with E-state index in [1.807, 2.05) is 0 Å². The number of rotatable bonds is 10. The third-order valence-electron chi connectivity index (χ3n) is 17.7. The van der Waals surface area contributed by atoms with Crippen LogP contribution in [0, 0.1) is 51.2 Å². The zero-order chi connectivity index (χ0) is 41.5. The van der Waals surface area contributed by atoms with Gasteiger partial charge in [-0.3, -0.25) is 0 Å². The van der Waals surface area contributed by atoms with Gasteiger partial charge in [0.15, 0.2) is 12.6 Å². The lowest BCUT2D eigenvalue weighted by Crippen LogP contribution is -2.66. The first kappa shape index (κ1) is 43.9. The van der Waals surface area contributed by atoms with Gasteiger partial charge in [0.2, 0.25) is 0 Å². The SMILES string of the molecule is C=C1NCOC2C(O)C(O[C@H]3CC[C@@]4(C)C(CC[C@]5(C)C4CCC4C([C@](C)(CCC=C(C)C)OC6OC(CO)C(O)C(O)C6O)CC[C@]45C)C3(C)C)OC(CO)C12. The van der Waals surface area contributed by atoms with Gasteiger partial charge in [-0.05, 0) is 130 Å². The van der Waals surface area contributed by atoms with Crippen LogP contribution in [0.2, 0.25) is 0 Å². The Bertz CT molecular complexity index is 1490. The molecular formula is C45H75NO11. The van der Waals surface area contributed by atoms with Crippen LogP contribution in [0.25, 0.3) is 0 Å². The monoisotopic (exact) mass is 806 g/mol. The molecule has 7 aliphatic rings. The maximum absolute atomic E-state index is 11.5. The molecule has 4 aliphatic carbocycles. The van der Waals surface area contributed by atoms with E-state index in [2.05, 4.69) is 73.4 Å².